The Balaban J connectivity index is 1.82. The van der Waals surface area contributed by atoms with Crippen molar-refractivity contribution in [1.82, 2.24) is 0 Å². The van der Waals surface area contributed by atoms with Crippen molar-refractivity contribution in [2.45, 2.75) is 33.5 Å². The quantitative estimate of drug-likeness (QED) is 0.226. The number of para-hydroxylation sites is 1. The molecule has 0 amide bonds. The summed E-state index contributed by atoms with van der Waals surface area (Å²) < 4.78 is 2.75. The van der Waals surface area contributed by atoms with Gasteiger partial charge in [-0.2, -0.15) is 0 Å². The lowest BCUT2D eigenvalue weighted by molar-refractivity contribution is 1.35. The maximum absolute atomic E-state index is 2.75. The first-order valence-corrected chi connectivity index (χ1v) is 15.3. The third-order valence-electron chi connectivity index (χ3n) is 6.48. The van der Waals surface area contributed by atoms with Crippen molar-refractivity contribution < 1.29 is 0 Å². The van der Waals surface area contributed by atoms with Gasteiger partial charge in [0.25, 0.3) is 0 Å². The molecule has 4 aromatic carbocycles. The zero-order chi connectivity index (χ0) is 20.3. The summed E-state index contributed by atoms with van der Waals surface area (Å²) in [7, 11) is -2.40. The lowest BCUT2D eigenvalue weighted by atomic mass is 10.0. The standard InChI is InChI=1S/C26H27NSi2/c1-18-11-10-12-19(2)24(18)27-26(29(27,4)5)28(3)25-22-15-8-6-13-20(22)17-21-14-7-9-16-23(21)25/h6-17H,1-5H3/b28-26-. The van der Waals surface area contributed by atoms with Gasteiger partial charge in [-0.05, 0) is 75.8 Å². The highest BCUT2D eigenvalue weighted by Gasteiger charge is 2.54. The van der Waals surface area contributed by atoms with Gasteiger partial charge in [-0.3, -0.25) is 0 Å². The molecule has 1 saturated heterocycles. The molecule has 4 aromatic rings. The van der Waals surface area contributed by atoms with E-state index in [-0.39, 0.29) is 0 Å². The van der Waals surface area contributed by atoms with Crippen molar-refractivity contribution in [2.24, 2.45) is 0 Å². The molecule has 1 nitrogen and oxygen atoms in total. The van der Waals surface area contributed by atoms with Crippen LogP contribution in [0.2, 0.25) is 19.6 Å². The lowest BCUT2D eigenvalue weighted by Crippen LogP contribution is -2.26. The minimum absolute atomic E-state index is 0.854. The highest BCUT2D eigenvalue weighted by molar-refractivity contribution is 7.36. The van der Waals surface area contributed by atoms with Crippen LogP contribution < -0.4 is 9.75 Å². The summed E-state index contributed by atoms with van der Waals surface area (Å²) in [6.07, 6.45) is 0. The highest BCUT2D eigenvalue weighted by atomic mass is 28.4. The Bertz CT molecular complexity index is 1240. The van der Waals surface area contributed by atoms with Crippen LogP contribution in [0.4, 0.5) is 5.69 Å². The molecule has 1 fully saturated rings. The molecule has 1 aliphatic heterocycles. The van der Waals surface area contributed by atoms with Crippen LogP contribution in [0.3, 0.4) is 0 Å². The van der Waals surface area contributed by atoms with Crippen LogP contribution in [-0.4, -0.2) is 21.6 Å². The summed E-state index contributed by atoms with van der Waals surface area (Å²) in [6.45, 7) is 12.1. The van der Waals surface area contributed by atoms with Crippen LogP contribution >= 0.6 is 0 Å². The summed E-state index contributed by atoms with van der Waals surface area (Å²) in [4.78, 5) is 1.75. The van der Waals surface area contributed by atoms with Gasteiger partial charge >= 0.3 is 0 Å². The number of nitrogens with zero attached hydrogens (tertiary/aromatic N) is 1. The number of hydrogen-bond acceptors (Lipinski definition) is 1. The van der Waals surface area contributed by atoms with Crippen molar-refractivity contribution in [3.05, 3.63) is 83.9 Å². The van der Waals surface area contributed by atoms with E-state index in [1.54, 1.807) is 10.1 Å². The maximum Gasteiger partial charge on any atom is 0.197 e. The van der Waals surface area contributed by atoms with E-state index >= 15 is 0 Å². The number of aryl methyl sites for hydroxylation is 2. The number of fused-ring (bicyclic) bond motifs is 2. The van der Waals surface area contributed by atoms with Gasteiger partial charge in [0.15, 0.2) is 8.24 Å². The summed E-state index contributed by atoms with van der Waals surface area (Å²) in [5.74, 6) is 0. The Kier molecular flexibility index (Phi) is 4.16. The molecule has 1 aliphatic rings. The van der Waals surface area contributed by atoms with Crippen molar-refractivity contribution in [1.29, 1.82) is 0 Å². The third kappa shape index (κ3) is 2.76. The Morgan fingerprint density at radius 3 is 1.79 bits per heavy atom. The molecule has 5 rings (SSSR count). The Morgan fingerprint density at radius 1 is 0.724 bits per heavy atom. The molecule has 0 radical (unpaired) electrons. The molecule has 0 saturated carbocycles. The van der Waals surface area contributed by atoms with Gasteiger partial charge in [0.05, 0.1) is 8.41 Å². The zero-order valence-corrected chi connectivity index (χ0v) is 19.9. The van der Waals surface area contributed by atoms with Crippen LogP contribution in [0, 0.1) is 13.8 Å². The third-order valence-corrected chi connectivity index (χ3v) is 14.6. The highest BCUT2D eigenvalue weighted by Crippen LogP contribution is 2.40. The lowest BCUT2D eigenvalue weighted by Gasteiger charge is -2.15. The molecule has 0 spiro atoms. The van der Waals surface area contributed by atoms with Crippen molar-refractivity contribution in [3.63, 3.8) is 0 Å². The predicted molar refractivity (Wildman–Crippen MR) is 134 cm³/mol. The average Bonchev–Trinajstić information content (AvgIpc) is 3.26. The molecule has 144 valence electrons. The number of anilines is 1. The fourth-order valence-corrected chi connectivity index (χ4v) is 15.2. The molecular weight excluding hydrogens is 382 g/mol. The molecule has 0 aromatic heterocycles. The van der Waals surface area contributed by atoms with Crippen LogP contribution in [0.25, 0.3) is 21.5 Å². The van der Waals surface area contributed by atoms with Gasteiger partial charge in [0.2, 0.25) is 0 Å². The summed E-state index contributed by atoms with van der Waals surface area (Å²) in [5, 5.41) is 7.20. The van der Waals surface area contributed by atoms with E-state index in [1.165, 1.54) is 38.4 Å². The monoisotopic (exact) mass is 409 g/mol. The first-order valence-electron chi connectivity index (χ1n) is 10.4. The molecule has 1 heterocycles. The zero-order valence-electron chi connectivity index (χ0n) is 17.9. The fourth-order valence-electron chi connectivity index (χ4n) is 5.13. The molecule has 0 atom stereocenters. The fraction of sp³-hybridized carbons (Fsp3) is 0.192. The van der Waals surface area contributed by atoms with Gasteiger partial charge in [-0.1, -0.05) is 73.3 Å². The predicted octanol–water partition coefficient (Wildman–Crippen LogP) is 5.92. The van der Waals surface area contributed by atoms with Gasteiger partial charge in [-0.25, -0.2) is 0 Å². The molecule has 29 heavy (non-hydrogen) atoms. The topological polar surface area (TPSA) is 3.01 Å². The maximum atomic E-state index is 2.75. The summed E-state index contributed by atoms with van der Waals surface area (Å²) in [6, 6.07) is 27.0. The van der Waals surface area contributed by atoms with E-state index in [2.05, 4.69) is 111 Å². The normalized spacial score (nSPS) is 17.1. The Morgan fingerprint density at radius 2 is 1.24 bits per heavy atom. The first kappa shape index (κ1) is 18.5. The van der Waals surface area contributed by atoms with E-state index in [1.807, 2.05) is 0 Å². The number of rotatable bonds is 2. The summed E-state index contributed by atoms with van der Waals surface area (Å²) in [5.41, 5.74) is 4.27. The first-order chi connectivity index (χ1) is 13.9. The smallest absolute Gasteiger partial charge is 0.197 e. The van der Waals surface area contributed by atoms with E-state index < -0.39 is 16.6 Å². The second kappa shape index (κ2) is 6.51. The van der Waals surface area contributed by atoms with E-state index in [0.29, 0.717) is 0 Å². The second-order valence-electron chi connectivity index (χ2n) is 8.80. The molecule has 0 aliphatic carbocycles. The van der Waals surface area contributed by atoms with Gasteiger partial charge in [0, 0.05) is 5.69 Å². The Hall–Kier alpha value is -2.50. The van der Waals surface area contributed by atoms with Crippen molar-refractivity contribution >= 4 is 54.0 Å². The van der Waals surface area contributed by atoms with E-state index in [0.717, 1.165) is 0 Å². The van der Waals surface area contributed by atoms with Gasteiger partial charge in [-0.15, -0.1) is 0 Å². The minimum Gasteiger partial charge on any atom is -0.372 e. The molecular formula is C26H27NSi2. The van der Waals surface area contributed by atoms with Crippen LogP contribution in [0.1, 0.15) is 11.1 Å². The van der Waals surface area contributed by atoms with Gasteiger partial charge in [0.1, 0.15) is 0 Å². The Labute approximate surface area is 175 Å². The van der Waals surface area contributed by atoms with Gasteiger partial charge < -0.3 is 4.57 Å². The largest absolute Gasteiger partial charge is 0.372 e. The molecule has 0 bridgehead atoms. The molecule has 0 unspecified atom stereocenters. The van der Waals surface area contributed by atoms with Crippen LogP contribution in [0.5, 0.6) is 0 Å². The summed E-state index contributed by atoms with van der Waals surface area (Å²) >= 11 is 0. The van der Waals surface area contributed by atoms with E-state index in [9.17, 15) is 0 Å². The SMILES string of the molecule is Cc1cccc(C)c1N1/C(=[Si](\C)c2c3ccccc3cc3ccccc23)[Si]1(C)C. The van der Waals surface area contributed by atoms with Crippen LogP contribution in [-0.2, 0) is 0 Å². The number of benzene rings is 4. The molecule has 3 heteroatoms. The number of hydrogen-bond donors (Lipinski definition) is 0. The second-order valence-corrected chi connectivity index (χ2v) is 15.6. The van der Waals surface area contributed by atoms with E-state index in [4.69, 9.17) is 0 Å². The average molecular weight is 410 g/mol. The van der Waals surface area contributed by atoms with Crippen molar-refractivity contribution in [2.75, 3.05) is 4.57 Å². The molecule has 0 N–H and O–H groups in total. The minimum atomic E-state index is -1.55. The van der Waals surface area contributed by atoms with Crippen LogP contribution in [0.15, 0.2) is 72.8 Å². The van der Waals surface area contributed by atoms with Crippen molar-refractivity contribution in [3.8, 4) is 0 Å².